The first-order valence-electron chi connectivity index (χ1n) is 24.3. The summed E-state index contributed by atoms with van der Waals surface area (Å²) in [5.74, 6) is -0.543. The van der Waals surface area contributed by atoms with Crippen LogP contribution in [0.1, 0.15) is 60.8 Å². The number of carbonyl (C=O) groups excluding carboxylic acids is 4. The monoisotopic (exact) mass is 1040 g/mol. The number of aromatic nitrogens is 1. The number of hydrogen-bond donors (Lipinski definition) is 5. The summed E-state index contributed by atoms with van der Waals surface area (Å²) in [6, 6.07) is 24.8. The average Bonchev–Trinajstić information content (AvgIpc) is 4.10. The summed E-state index contributed by atoms with van der Waals surface area (Å²) in [6.45, 7) is 11.0. The molecule has 3 amide bonds. The first kappa shape index (κ1) is 54.5. The quantitative estimate of drug-likeness (QED) is 0.0284. The number of nitrogens with zero attached hydrogens (tertiary/aromatic N) is 3. The molecule has 0 saturated carbocycles. The highest BCUT2D eigenvalue weighted by Gasteiger charge is 2.44. The largest absolute Gasteiger partial charge is 0.508 e. The van der Waals surface area contributed by atoms with Gasteiger partial charge in [0.1, 0.15) is 42.5 Å². The van der Waals surface area contributed by atoms with E-state index in [9.17, 15) is 34.5 Å². The second-order valence-corrected chi connectivity index (χ2v) is 21.0. The molecule has 1 saturated heterocycles. The molecular formula is C55H65N5O11S2. The molecule has 16 nitrogen and oxygen atoms in total. The number of aromatic hydroxyl groups is 2. The molecule has 1 aliphatic rings. The van der Waals surface area contributed by atoms with E-state index >= 15 is 0 Å². The van der Waals surface area contributed by atoms with Crippen LogP contribution in [0.15, 0.2) is 96.5 Å². The SMILES string of the molecule is Cc1ncsc1-c1ccc(CNC(=O)C2CC(O)CN2C(=O)[C@@H](NC(=O)COCCOCCOCCCN(C)CCOc2ccc(C(=O)c3c(-c4ccc(O)cc4)sc4cc(O)ccc34)cc2)C(C)(C)C)cc1. The summed E-state index contributed by atoms with van der Waals surface area (Å²) in [5, 5.41) is 36.9. The third-order valence-electron chi connectivity index (χ3n) is 12.4. The maximum Gasteiger partial charge on any atom is 0.246 e. The molecule has 3 atom stereocenters. The number of fused-ring (bicyclic) bond motifs is 1. The minimum Gasteiger partial charge on any atom is -0.508 e. The number of aryl methyl sites for hydroxylation is 1. The van der Waals surface area contributed by atoms with E-state index in [0.717, 1.165) is 55.2 Å². The maximum atomic E-state index is 13.9. The fourth-order valence-electron chi connectivity index (χ4n) is 8.43. The fraction of sp³-hybridized carbons (Fsp3) is 0.400. The molecule has 1 fully saturated rings. The molecule has 0 aliphatic carbocycles. The highest BCUT2D eigenvalue weighted by atomic mass is 32.1. The standard InChI is InChI=1S/C55H65N5O11S2/c1-35-50(72-34-57-35)38-9-7-36(8-10-38)31-56-53(66)45-29-42(63)32-60(45)54(67)52(55(2,3)4)58-47(64)33-70-28-27-69-26-25-68-23-6-21-59(5)22-24-71-43-18-13-37(14-19-43)49(65)48-44-20-17-41(62)30-46(44)73-51(48)39-11-15-40(61)16-12-39/h7-20,30,34,42,45,52,61-63H,6,21-29,31-33H2,1-5H3,(H,56,66)(H,58,64)/t42?,45?,52-/m1/s1. The molecule has 6 aromatic rings. The van der Waals surface area contributed by atoms with Gasteiger partial charge in [0.15, 0.2) is 5.78 Å². The minimum atomic E-state index is -0.968. The lowest BCUT2D eigenvalue weighted by Gasteiger charge is -2.35. The molecule has 388 valence electrons. The molecule has 18 heteroatoms. The number of nitrogens with one attached hydrogen (secondary N) is 2. The number of β-amino-alcohol motifs (C(OH)–C–C–N with tert-alkyl or cyclic N) is 1. The summed E-state index contributed by atoms with van der Waals surface area (Å²) in [6.07, 6.45) is 0.0263. The number of benzene rings is 4. The number of amides is 3. The Kier molecular flexibility index (Phi) is 19.1. The van der Waals surface area contributed by atoms with Gasteiger partial charge in [-0.3, -0.25) is 19.2 Å². The number of aliphatic hydroxyl groups excluding tert-OH is 1. The van der Waals surface area contributed by atoms with Crippen molar-refractivity contribution in [2.45, 2.75) is 65.3 Å². The summed E-state index contributed by atoms with van der Waals surface area (Å²) in [4.78, 5) is 64.0. The van der Waals surface area contributed by atoms with Crippen LogP contribution in [-0.2, 0) is 35.1 Å². The number of rotatable bonds is 25. The van der Waals surface area contributed by atoms with Crippen LogP contribution in [0.3, 0.4) is 0 Å². The smallest absolute Gasteiger partial charge is 0.246 e. The molecule has 5 N–H and O–H groups in total. The predicted octanol–water partition coefficient (Wildman–Crippen LogP) is 7.20. The lowest BCUT2D eigenvalue weighted by molar-refractivity contribution is -0.144. The van der Waals surface area contributed by atoms with Crippen molar-refractivity contribution in [2.24, 2.45) is 5.41 Å². The van der Waals surface area contributed by atoms with E-state index in [1.54, 1.807) is 78.1 Å². The van der Waals surface area contributed by atoms with E-state index in [2.05, 4.69) is 20.5 Å². The van der Waals surface area contributed by atoms with Crippen LogP contribution in [0.25, 0.3) is 31.0 Å². The van der Waals surface area contributed by atoms with Gasteiger partial charge in [-0.25, -0.2) is 4.98 Å². The Bertz CT molecular complexity index is 2790. The van der Waals surface area contributed by atoms with Gasteiger partial charge in [-0.2, -0.15) is 0 Å². The summed E-state index contributed by atoms with van der Waals surface area (Å²) >= 11 is 2.99. The number of phenolic OH excluding ortho intramolecular Hbond substituents is 2. The van der Waals surface area contributed by atoms with Crippen molar-refractivity contribution in [1.29, 1.82) is 0 Å². The molecule has 7 rings (SSSR count). The van der Waals surface area contributed by atoms with Crippen LogP contribution in [0.5, 0.6) is 17.2 Å². The Morgan fingerprint density at radius 1 is 0.822 bits per heavy atom. The summed E-state index contributed by atoms with van der Waals surface area (Å²) in [7, 11) is 2.01. The van der Waals surface area contributed by atoms with Crippen molar-refractivity contribution in [1.82, 2.24) is 25.4 Å². The Labute approximate surface area is 433 Å². The molecule has 1 aliphatic heterocycles. The van der Waals surface area contributed by atoms with E-state index in [4.69, 9.17) is 18.9 Å². The van der Waals surface area contributed by atoms with E-state index in [0.29, 0.717) is 49.8 Å². The molecule has 2 aromatic heterocycles. The molecule has 73 heavy (non-hydrogen) atoms. The Hall–Kier alpha value is -6.25. The zero-order valence-electron chi connectivity index (χ0n) is 41.9. The average molecular weight is 1040 g/mol. The van der Waals surface area contributed by atoms with Gasteiger partial charge < -0.3 is 54.7 Å². The van der Waals surface area contributed by atoms with Crippen molar-refractivity contribution in [3.63, 3.8) is 0 Å². The van der Waals surface area contributed by atoms with E-state index in [1.807, 2.05) is 64.5 Å². The van der Waals surface area contributed by atoms with Gasteiger partial charge >= 0.3 is 0 Å². The number of aliphatic hydroxyl groups is 1. The number of carbonyl (C=O) groups is 4. The first-order chi connectivity index (χ1) is 35.0. The lowest BCUT2D eigenvalue weighted by Crippen LogP contribution is -2.58. The van der Waals surface area contributed by atoms with Gasteiger partial charge in [-0.1, -0.05) is 45.0 Å². The third-order valence-corrected chi connectivity index (χ3v) is 14.6. The van der Waals surface area contributed by atoms with Gasteiger partial charge in [-0.15, -0.1) is 22.7 Å². The number of thiazole rings is 1. The second kappa shape index (κ2) is 25.6. The van der Waals surface area contributed by atoms with Crippen molar-refractivity contribution in [2.75, 3.05) is 72.9 Å². The second-order valence-electron chi connectivity index (χ2n) is 19.1. The summed E-state index contributed by atoms with van der Waals surface area (Å²) in [5.41, 5.74) is 5.86. The maximum absolute atomic E-state index is 13.9. The van der Waals surface area contributed by atoms with Crippen LogP contribution in [0.4, 0.5) is 0 Å². The van der Waals surface area contributed by atoms with E-state index in [1.165, 1.54) is 16.2 Å². The minimum absolute atomic E-state index is 0.0199. The van der Waals surface area contributed by atoms with Crippen LogP contribution in [0, 0.1) is 12.3 Å². The Morgan fingerprint density at radius 2 is 1.48 bits per heavy atom. The van der Waals surface area contributed by atoms with Gasteiger partial charge in [0, 0.05) is 65.3 Å². The highest BCUT2D eigenvalue weighted by Crippen LogP contribution is 2.41. The van der Waals surface area contributed by atoms with E-state index in [-0.39, 0.29) is 62.5 Å². The first-order valence-corrected chi connectivity index (χ1v) is 26.0. The lowest BCUT2D eigenvalue weighted by atomic mass is 9.85. The zero-order valence-corrected chi connectivity index (χ0v) is 43.6. The number of ether oxygens (including phenoxy) is 4. The van der Waals surface area contributed by atoms with Gasteiger partial charge in [-0.05, 0) is 109 Å². The molecule has 0 spiro atoms. The van der Waals surface area contributed by atoms with Gasteiger partial charge in [0.2, 0.25) is 17.7 Å². The molecular weight excluding hydrogens is 971 g/mol. The number of hydrogen-bond acceptors (Lipinski definition) is 15. The molecule has 0 radical (unpaired) electrons. The zero-order chi connectivity index (χ0) is 52.1. The van der Waals surface area contributed by atoms with Crippen LogP contribution in [-0.4, -0.2) is 145 Å². The molecule has 2 unspecified atom stereocenters. The van der Waals surface area contributed by atoms with Gasteiger partial charge in [0.25, 0.3) is 0 Å². The van der Waals surface area contributed by atoms with Crippen LogP contribution >= 0.6 is 22.7 Å². The van der Waals surface area contributed by atoms with Gasteiger partial charge in [0.05, 0.1) is 48.6 Å². The summed E-state index contributed by atoms with van der Waals surface area (Å²) < 4.78 is 23.7. The van der Waals surface area contributed by atoms with Crippen molar-refractivity contribution < 1.29 is 53.4 Å². The van der Waals surface area contributed by atoms with Crippen molar-refractivity contribution in [3.8, 4) is 38.1 Å². The normalized spacial score (nSPS) is 15.2. The van der Waals surface area contributed by atoms with Crippen molar-refractivity contribution >= 4 is 56.3 Å². The number of thiophene rings is 1. The molecule has 3 heterocycles. The predicted molar refractivity (Wildman–Crippen MR) is 282 cm³/mol. The highest BCUT2D eigenvalue weighted by molar-refractivity contribution is 7.22. The van der Waals surface area contributed by atoms with E-state index < -0.39 is 35.4 Å². The van der Waals surface area contributed by atoms with Crippen LogP contribution in [0.2, 0.25) is 0 Å². The number of likely N-dealkylation sites (tertiary alicyclic amines) is 1. The fourth-order valence-corrected chi connectivity index (χ4v) is 10.5. The number of ketones is 1. The third kappa shape index (κ3) is 14.9. The van der Waals surface area contributed by atoms with Crippen LogP contribution < -0.4 is 15.4 Å². The molecule has 4 aromatic carbocycles. The molecule has 0 bridgehead atoms. The number of phenols is 2. The Balaban J connectivity index is 0.738. The number of likely N-dealkylation sites (N-methyl/N-ethyl adjacent to an activating group) is 1. The topological polar surface area (TPSA) is 209 Å². The Morgan fingerprint density at radius 3 is 2.16 bits per heavy atom. The van der Waals surface area contributed by atoms with Crippen molar-refractivity contribution in [3.05, 3.63) is 119 Å².